The summed E-state index contributed by atoms with van der Waals surface area (Å²) in [4.78, 5) is 26.4. The number of ether oxygens (including phenoxy) is 1. The molecule has 27 heavy (non-hydrogen) atoms. The van der Waals surface area contributed by atoms with Gasteiger partial charge in [-0.2, -0.15) is 0 Å². The number of benzene rings is 2. The summed E-state index contributed by atoms with van der Waals surface area (Å²) in [6.07, 6.45) is 0.948. The van der Waals surface area contributed by atoms with Gasteiger partial charge in [-0.15, -0.1) is 0 Å². The van der Waals surface area contributed by atoms with Gasteiger partial charge in [-0.05, 0) is 48.7 Å². The Morgan fingerprint density at radius 1 is 1.07 bits per heavy atom. The van der Waals surface area contributed by atoms with Gasteiger partial charge in [-0.25, -0.2) is 0 Å². The van der Waals surface area contributed by atoms with Crippen LogP contribution in [0, 0.1) is 0 Å². The molecule has 0 spiro atoms. The lowest BCUT2D eigenvalue weighted by molar-refractivity contribution is -0.142. The molecule has 0 aliphatic heterocycles. The van der Waals surface area contributed by atoms with Crippen LogP contribution in [-0.2, 0) is 22.6 Å². The molecule has 6 heteroatoms. The van der Waals surface area contributed by atoms with Crippen LogP contribution in [-0.4, -0.2) is 36.4 Å². The fourth-order valence-corrected chi connectivity index (χ4v) is 2.89. The molecule has 2 aromatic rings. The molecule has 1 N–H and O–H groups in total. The van der Waals surface area contributed by atoms with Gasteiger partial charge in [-0.3, -0.25) is 9.59 Å². The smallest absolute Gasteiger partial charge is 0.261 e. The lowest BCUT2D eigenvalue weighted by Gasteiger charge is -2.28. The number of nitrogens with one attached hydrogen (secondary N) is 1. The average molecular weight is 433 g/mol. The zero-order chi connectivity index (χ0) is 19.8. The molecule has 1 atom stereocenters. The van der Waals surface area contributed by atoms with Crippen LogP contribution in [0.2, 0.25) is 0 Å². The number of halogens is 1. The molecule has 2 rings (SSSR count). The van der Waals surface area contributed by atoms with Crippen LogP contribution in [0.5, 0.6) is 5.75 Å². The molecule has 0 saturated carbocycles. The second-order valence-corrected chi connectivity index (χ2v) is 7.14. The summed E-state index contributed by atoms with van der Waals surface area (Å²) in [5.74, 6) is 0.179. The number of hydrogen-bond donors (Lipinski definition) is 1. The number of carbonyl (C=O) groups is 2. The van der Waals surface area contributed by atoms with Crippen molar-refractivity contribution in [2.75, 3.05) is 13.7 Å². The monoisotopic (exact) mass is 432 g/mol. The summed E-state index contributed by atoms with van der Waals surface area (Å²) in [7, 11) is 1.56. The first-order valence-corrected chi connectivity index (χ1v) is 9.71. The number of rotatable bonds is 8. The van der Waals surface area contributed by atoms with Crippen molar-refractivity contribution in [3.05, 3.63) is 64.1 Å². The maximum absolute atomic E-state index is 12.8. The van der Waals surface area contributed by atoms with Gasteiger partial charge >= 0.3 is 0 Å². The average Bonchev–Trinajstić information content (AvgIpc) is 2.70. The highest BCUT2D eigenvalue weighted by Gasteiger charge is 2.25. The summed E-state index contributed by atoms with van der Waals surface area (Å²) < 4.78 is 6.60. The van der Waals surface area contributed by atoms with Crippen LogP contribution in [0.15, 0.2) is 53.0 Å². The van der Waals surface area contributed by atoms with E-state index in [1.165, 1.54) is 10.5 Å². The molecule has 2 aromatic carbocycles. The van der Waals surface area contributed by atoms with Crippen molar-refractivity contribution < 1.29 is 14.3 Å². The summed E-state index contributed by atoms with van der Waals surface area (Å²) in [6, 6.07) is 14.7. The van der Waals surface area contributed by atoms with Gasteiger partial charge in [0.25, 0.3) is 5.91 Å². The third kappa shape index (κ3) is 6.10. The van der Waals surface area contributed by atoms with E-state index in [0.717, 1.165) is 16.5 Å². The number of carbonyl (C=O) groups excluding carboxylic acids is 2. The van der Waals surface area contributed by atoms with Crippen LogP contribution < -0.4 is 10.1 Å². The standard InChI is InChI=1S/C21H25BrN2O3/c1-4-16-7-11-19(12-8-16)27-14-20(25)24(15(2)21(26)23-3)13-17-5-9-18(22)10-6-17/h5-12,15H,4,13-14H2,1-3H3,(H,23,26)/t15-/m1/s1. The highest BCUT2D eigenvalue weighted by molar-refractivity contribution is 9.10. The van der Waals surface area contributed by atoms with Gasteiger partial charge in [0.2, 0.25) is 5.91 Å². The molecule has 0 heterocycles. The molecule has 0 radical (unpaired) electrons. The number of hydrogen-bond acceptors (Lipinski definition) is 3. The van der Waals surface area contributed by atoms with Crippen LogP contribution in [0.4, 0.5) is 0 Å². The minimum Gasteiger partial charge on any atom is -0.484 e. The van der Waals surface area contributed by atoms with E-state index in [-0.39, 0.29) is 18.4 Å². The highest BCUT2D eigenvalue weighted by atomic mass is 79.9. The van der Waals surface area contributed by atoms with E-state index in [1.807, 2.05) is 48.5 Å². The van der Waals surface area contributed by atoms with Crippen molar-refractivity contribution in [3.63, 3.8) is 0 Å². The van der Waals surface area contributed by atoms with E-state index in [1.54, 1.807) is 14.0 Å². The Hall–Kier alpha value is -2.34. The van der Waals surface area contributed by atoms with Crippen LogP contribution >= 0.6 is 15.9 Å². The Kier molecular flexibility index (Phi) is 7.85. The Labute approximate surface area is 168 Å². The fraction of sp³-hybridized carbons (Fsp3) is 0.333. The molecule has 0 aromatic heterocycles. The highest BCUT2D eigenvalue weighted by Crippen LogP contribution is 2.16. The van der Waals surface area contributed by atoms with Gasteiger partial charge in [0.05, 0.1) is 0 Å². The van der Waals surface area contributed by atoms with Gasteiger partial charge < -0.3 is 15.0 Å². The molecule has 0 bridgehead atoms. The lowest BCUT2D eigenvalue weighted by Crippen LogP contribution is -2.48. The van der Waals surface area contributed by atoms with Gasteiger partial charge in [0.15, 0.2) is 6.61 Å². The first kappa shape index (κ1) is 21.0. The Bertz CT molecular complexity index is 760. The van der Waals surface area contributed by atoms with Crippen molar-refractivity contribution >= 4 is 27.7 Å². The van der Waals surface area contributed by atoms with E-state index in [9.17, 15) is 9.59 Å². The predicted octanol–water partition coefficient (Wildman–Crippen LogP) is 3.55. The molecule has 2 amide bonds. The second-order valence-electron chi connectivity index (χ2n) is 6.22. The van der Waals surface area contributed by atoms with E-state index in [4.69, 9.17) is 4.74 Å². The summed E-state index contributed by atoms with van der Waals surface area (Å²) in [6.45, 7) is 4.01. The topological polar surface area (TPSA) is 58.6 Å². The van der Waals surface area contributed by atoms with E-state index >= 15 is 0 Å². The predicted molar refractivity (Wildman–Crippen MR) is 110 cm³/mol. The van der Waals surface area contributed by atoms with Crippen molar-refractivity contribution in [1.82, 2.24) is 10.2 Å². The minimum atomic E-state index is -0.600. The second kappa shape index (κ2) is 10.1. The number of likely N-dealkylation sites (N-methyl/N-ethyl adjacent to an activating group) is 1. The first-order valence-electron chi connectivity index (χ1n) is 8.91. The molecule has 0 fully saturated rings. The van der Waals surface area contributed by atoms with Crippen molar-refractivity contribution in [3.8, 4) is 5.75 Å². The lowest BCUT2D eigenvalue weighted by atomic mass is 10.1. The fourth-order valence-electron chi connectivity index (χ4n) is 2.63. The Morgan fingerprint density at radius 2 is 1.67 bits per heavy atom. The first-order chi connectivity index (χ1) is 12.9. The maximum Gasteiger partial charge on any atom is 0.261 e. The largest absolute Gasteiger partial charge is 0.484 e. The SMILES string of the molecule is CCc1ccc(OCC(=O)N(Cc2ccc(Br)cc2)[C@H](C)C(=O)NC)cc1. The van der Waals surface area contributed by atoms with Crippen LogP contribution in [0.25, 0.3) is 0 Å². The number of amides is 2. The summed E-state index contributed by atoms with van der Waals surface area (Å²) in [5.41, 5.74) is 2.15. The Balaban J connectivity index is 2.09. The Morgan fingerprint density at radius 3 is 2.22 bits per heavy atom. The van der Waals surface area contributed by atoms with Crippen molar-refractivity contribution in [2.45, 2.75) is 32.9 Å². The van der Waals surface area contributed by atoms with Crippen molar-refractivity contribution in [1.29, 1.82) is 0 Å². The molecule has 0 aliphatic carbocycles. The quantitative estimate of drug-likeness (QED) is 0.693. The molecule has 144 valence electrons. The normalized spacial score (nSPS) is 11.6. The van der Waals surface area contributed by atoms with Gasteiger partial charge in [-0.1, -0.05) is 47.1 Å². The van der Waals surface area contributed by atoms with E-state index in [2.05, 4.69) is 28.2 Å². The van der Waals surface area contributed by atoms with E-state index < -0.39 is 6.04 Å². The third-order valence-corrected chi connectivity index (χ3v) is 4.90. The number of nitrogens with zero attached hydrogens (tertiary/aromatic N) is 1. The molecule has 0 saturated heterocycles. The molecule has 0 aliphatic rings. The molecular weight excluding hydrogens is 408 g/mol. The molecule has 0 unspecified atom stereocenters. The molecule has 5 nitrogen and oxygen atoms in total. The van der Waals surface area contributed by atoms with Crippen LogP contribution in [0.1, 0.15) is 25.0 Å². The van der Waals surface area contributed by atoms with Crippen molar-refractivity contribution in [2.24, 2.45) is 0 Å². The third-order valence-electron chi connectivity index (χ3n) is 4.37. The minimum absolute atomic E-state index is 0.122. The number of aryl methyl sites for hydroxylation is 1. The zero-order valence-corrected chi connectivity index (χ0v) is 17.5. The van der Waals surface area contributed by atoms with Crippen LogP contribution in [0.3, 0.4) is 0 Å². The van der Waals surface area contributed by atoms with Gasteiger partial charge in [0, 0.05) is 18.1 Å². The summed E-state index contributed by atoms with van der Waals surface area (Å²) in [5, 5.41) is 2.60. The molecular formula is C21H25BrN2O3. The zero-order valence-electron chi connectivity index (χ0n) is 15.9. The van der Waals surface area contributed by atoms with E-state index in [0.29, 0.717) is 12.3 Å². The summed E-state index contributed by atoms with van der Waals surface area (Å²) >= 11 is 3.40. The van der Waals surface area contributed by atoms with Gasteiger partial charge in [0.1, 0.15) is 11.8 Å². The maximum atomic E-state index is 12.8.